The van der Waals surface area contributed by atoms with E-state index < -0.39 is 10.0 Å². The smallest absolute Gasteiger partial charge is 0.199 e. The molecule has 0 aliphatic rings. The molecule has 4 heteroatoms. The molecule has 0 amide bonds. The molecule has 1 aromatic carbocycles. The summed E-state index contributed by atoms with van der Waals surface area (Å²) in [6, 6.07) is 6.78. The summed E-state index contributed by atoms with van der Waals surface area (Å²) in [5.74, 6) is 0. The van der Waals surface area contributed by atoms with Crippen molar-refractivity contribution in [2.24, 2.45) is 4.40 Å². The van der Waals surface area contributed by atoms with E-state index in [2.05, 4.69) is 4.40 Å². The predicted molar refractivity (Wildman–Crippen MR) is 52.5 cm³/mol. The first-order valence-electron chi connectivity index (χ1n) is 3.88. The van der Waals surface area contributed by atoms with Crippen molar-refractivity contribution in [1.82, 2.24) is 0 Å². The van der Waals surface area contributed by atoms with Crippen LogP contribution in [0.25, 0.3) is 0 Å². The Labute approximate surface area is 78.2 Å². The molecule has 1 aromatic rings. The maximum atomic E-state index is 11.5. The maximum Gasteiger partial charge on any atom is 0.282 e. The summed E-state index contributed by atoms with van der Waals surface area (Å²) in [4.78, 5) is 0.271. The number of nitrogens with zero attached hydrogens (tertiary/aromatic N) is 1. The largest absolute Gasteiger partial charge is 0.282 e. The molecule has 0 aromatic heterocycles. The number of hydrogen-bond donors (Lipinski definition) is 0. The van der Waals surface area contributed by atoms with Crippen molar-refractivity contribution in [2.75, 3.05) is 0 Å². The van der Waals surface area contributed by atoms with Crippen molar-refractivity contribution in [3.8, 4) is 0 Å². The first-order valence-corrected chi connectivity index (χ1v) is 5.32. The average molecular weight is 197 g/mol. The zero-order chi connectivity index (χ0) is 9.90. The van der Waals surface area contributed by atoms with Gasteiger partial charge in [0.25, 0.3) is 10.0 Å². The van der Waals surface area contributed by atoms with Crippen LogP contribution in [0.3, 0.4) is 0 Å². The predicted octanol–water partition coefficient (Wildman–Crippen LogP) is 1.77. The van der Waals surface area contributed by atoms with Crippen LogP contribution in [-0.2, 0) is 10.0 Å². The van der Waals surface area contributed by atoms with Gasteiger partial charge in [0.1, 0.15) is 0 Å². The quantitative estimate of drug-likeness (QED) is 0.678. The number of rotatable bonds is 2. The second-order valence-electron chi connectivity index (χ2n) is 2.60. The van der Waals surface area contributed by atoms with E-state index in [1.807, 2.05) is 0 Å². The molecule has 0 heterocycles. The third-order valence-electron chi connectivity index (χ3n) is 1.62. The Bertz CT molecular complexity index is 421. The Hall–Kier alpha value is -1.16. The van der Waals surface area contributed by atoms with Gasteiger partial charge in [0.05, 0.1) is 4.90 Å². The Morgan fingerprint density at radius 1 is 1.31 bits per heavy atom. The van der Waals surface area contributed by atoms with Crippen LogP contribution < -0.4 is 0 Å². The highest BCUT2D eigenvalue weighted by molar-refractivity contribution is 7.90. The number of benzene rings is 1. The normalized spacial score (nSPS) is 12.2. The van der Waals surface area contributed by atoms with E-state index in [1.54, 1.807) is 38.1 Å². The van der Waals surface area contributed by atoms with E-state index in [0.717, 1.165) is 0 Å². The van der Waals surface area contributed by atoms with Crippen molar-refractivity contribution >= 4 is 16.2 Å². The van der Waals surface area contributed by atoms with E-state index in [0.29, 0.717) is 5.56 Å². The number of sulfonamides is 1. The molecule has 13 heavy (non-hydrogen) atoms. The monoisotopic (exact) mass is 197 g/mol. The van der Waals surface area contributed by atoms with Crippen LogP contribution in [-0.4, -0.2) is 14.6 Å². The third-order valence-corrected chi connectivity index (χ3v) is 3.12. The van der Waals surface area contributed by atoms with Crippen molar-refractivity contribution in [1.29, 1.82) is 0 Å². The molecule has 0 aliphatic carbocycles. The standard InChI is InChI=1S/C9H11NO2S/c1-3-10-13(11,12)9-7-5-4-6-8(9)2/h3-7H,1-2H3. The molecule has 0 unspecified atom stereocenters. The summed E-state index contributed by atoms with van der Waals surface area (Å²) in [6.07, 6.45) is 1.28. The van der Waals surface area contributed by atoms with E-state index in [-0.39, 0.29) is 4.90 Å². The maximum absolute atomic E-state index is 11.5. The Balaban J connectivity index is 3.31. The van der Waals surface area contributed by atoms with E-state index in [1.165, 1.54) is 6.21 Å². The summed E-state index contributed by atoms with van der Waals surface area (Å²) in [5, 5.41) is 0. The van der Waals surface area contributed by atoms with Crippen LogP contribution in [0.2, 0.25) is 0 Å². The van der Waals surface area contributed by atoms with Crippen LogP contribution in [0.5, 0.6) is 0 Å². The molecular weight excluding hydrogens is 186 g/mol. The highest BCUT2D eigenvalue weighted by Crippen LogP contribution is 2.15. The fourth-order valence-electron chi connectivity index (χ4n) is 1.04. The lowest BCUT2D eigenvalue weighted by molar-refractivity contribution is 0.597. The Morgan fingerprint density at radius 3 is 2.46 bits per heavy atom. The van der Waals surface area contributed by atoms with Gasteiger partial charge in [0.2, 0.25) is 0 Å². The SMILES string of the molecule is CC=NS(=O)(=O)c1ccccc1C. The van der Waals surface area contributed by atoms with Crippen LogP contribution in [0, 0.1) is 6.92 Å². The van der Waals surface area contributed by atoms with E-state index in [4.69, 9.17) is 0 Å². The van der Waals surface area contributed by atoms with Gasteiger partial charge in [-0.15, -0.1) is 0 Å². The van der Waals surface area contributed by atoms with Crippen molar-refractivity contribution in [3.63, 3.8) is 0 Å². The van der Waals surface area contributed by atoms with Gasteiger partial charge in [0, 0.05) is 6.21 Å². The summed E-state index contributed by atoms with van der Waals surface area (Å²) in [5.41, 5.74) is 0.716. The molecule has 0 spiro atoms. The van der Waals surface area contributed by atoms with Crippen molar-refractivity contribution < 1.29 is 8.42 Å². The van der Waals surface area contributed by atoms with Gasteiger partial charge in [-0.2, -0.15) is 12.8 Å². The first kappa shape index (κ1) is 9.92. The van der Waals surface area contributed by atoms with Gasteiger partial charge in [0.15, 0.2) is 0 Å². The van der Waals surface area contributed by atoms with Crippen LogP contribution in [0.4, 0.5) is 0 Å². The Morgan fingerprint density at radius 2 is 1.92 bits per heavy atom. The highest BCUT2D eigenvalue weighted by Gasteiger charge is 2.12. The average Bonchev–Trinajstić information content (AvgIpc) is 2.04. The highest BCUT2D eigenvalue weighted by atomic mass is 32.2. The third kappa shape index (κ3) is 2.15. The summed E-state index contributed by atoms with van der Waals surface area (Å²) < 4.78 is 26.3. The molecule has 0 aliphatic heterocycles. The molecule has 3 nitrogen and oxygen atoms in total. The minimum atomic E-state index is -3.47. The summed E-state index contributed by atoms with van der Waals surface area (Å²) in [7, 11) is -3.47. The van der Waals surface area contributed by atoms with Gasteiger partial charge >= 0.3 is 0 Å². The lowest BCUT2D eigenvalue weighted by Gasteiger charge is -2.01. The van der Waals surface area contributed by atoms with Crippen LogP contribution in [0.15, 0.2) is 33.6 Å². The number of hydrogen-bond acceptors (Lipinski definition) is 2. The fourth-order valence-corrected chi connectivity index (χ4v) is 2.16. The lowest BCUT2D eigenvalue weighted by Crippen LogP contribution is -1.98. The zero-order valence-corrected chi connectivity index (χ0v) is 8.38. The lowest BCUT2D eigenvalue weighted by atomic mass is 10.2. The second-order valence-corrected chi connectivity index (χ2v) is 4.20. The topological polar surface area (TPSA) is 46.5 Å². The summed E-state index contributed by atoms with van der Waals surface area (Å²) in [6.45, 7) is 3.33. The molecule has 0 saturated heterocycles. The second kappa shape index (κ2) is 3.70. The fraction of sp³-hybridized carbons (Fsp3) is 0.222. The molecule has 70 valence electrons. The molecule has 0 bridgehead atoms. The van der Waals surface area contributed by atoms with Crippen molar-refractivity contribution in [3.05, 3.63) is 29.8 Å². The summed E-state index contributed by atoms with van der Waals surface area (Å²) >= 11 is 0. The van der Waals surface area contributed by atoms with Gasteiger partial charge in [-0.25, -0.2) is 0 Å². The van der Waals surface area contributed by atoms with Gasteiger partial charge < -0.3 is 0 Å². The molecule has 1 rings (SSSR count). The minimum Gasteiger partial charge on any atom is -0.199 e. The number of aryl methyl sites for hydroxylation is 1. The molecular formula is C9H11NO2S. The Kier molecular flexibility index (Phi) is 2.83. The molecule has 0 radical (unpaired) electrons. The van der Waals surface area contributed by atoms with E-state index in [9.17, 15) is 8.42 Å². The van der Waals surface area contributed by atoms with Gasteiger partial charge in [-0.3, -0.25) is 0 Å². The molecule has 0 fully saturated rings. The van der Waals surface area contributed by atoms with Crippen LogP contribution in [0.1, 0.15) is 12.5 Å². The first-order chi connectivity index (χ1) is 6.08. The van der Waals surface area contributed by atoms with Crippen molar-refractivity contribution in [2.45, 2.75) is 18.7 Å². The molecule has 0 saturated carbocycles. The minimum absolute atomic E-state index is 0.271. The molecule has 0 N–H and O–H groups in total. The van der Waals surface area contributed by atoms with Gasteiger partial charge in [-0.1, -0.05) is 18.2 Å². The molecule has 0 atom stereocenters. The van der Waals surface area contributed by atoms with Crippen LogP contribution >= 0.6 is 0 Å². The van der Waals surface area contributed by atoms with E-state index >= 15 is 0 Å². The van der Waals surface area contributed by atoms with Gasteiger partial charge in [-0.05, 0) is 25.5 Å². The zero-order valence-electron chi connectivity index (χ0n) is 7.56.